The Morgan fingerprint density at radius 3 is 2.75 bits per heavy atom. The van der Waals surface area contributed by atoms with E-state index >= 15 is 0 Å². The molecule has 0 bridgehead atoms. The molecule has 0 aromatic carbocycles. The lowest BCUT2D eigenvalue weighted by Gasteiger charge is -2.08. The molecule has 1 heteroatoms. The highest BCUT2D eigenvalue weighted by Crippen LogP contribution is 2.26. The van der Waals surface area contributed by atoms with Crippen LogP contribution >= 0.6 is 0 Å². The fraction of sp³-hybridized carbons (Fsp3) is 0.909. The van der Waals surface area contributed by atoms with E-state index in [4.69, 9.17) is 0 Å². The van der Waals surface area contributed by atoms with E-state index in [-0.39, 0.29) is 0 Å². The molecule has 1 nitrogen and oxygen atoms in total. The predicted octanol–water partition coefficient (Wildman–Crippen LogP) is 3.18. The number of carbonyl (C=O) groups excluding carboxylic acids is 1. The molecule has 12 heavy (non-hydrogen) atoms. The van der Waals surface area contributed by atoms with Gasteiger partial charge in [-0.15, -0.1) is 0 Å². The number of Topliss-reactive ketones (excluding diaryl/α,β-unsaturated/α-hetero) is 1. The van der Waals surface area contributed by atoms with Crippen LogP contribution in [0.3, 0.4) is 0 Å². The van der Waals surface area contributed by atoms with Gasteiger partial charge >= 0.3 is 0 Å². The highest BCUT2D eigenvalue weighted by atomic mass is 16.1. The minimum atomic E-state index is 0.434. The van der Waals surface area contributed by atoms with Crippen molar-refractivity contribution in [3.63, 3.8) is 0 Å². The van der Waals surface area contributed by atoms with Crippen LogP contribution in [0.2, 0.25) is 0 Å². The van der Waals surface area contributed by atoms with Crippen molar-refractivity contribution >= 4 is 5.78 Å². The molecule has 1 rings (SSSR count). The van der Waals surface area contributed by atoms with Gasteiger partial charge in [-0.2, -0.15) is 0 Å². The van der Waals surface area contributed by atoms with Gasteiger partial charge in [0.25, 0.3) is 0 Å². The average molecular weight is 168 g/mol. The van der Waals surface area contributed by atoms with Crippen LogP contribution in [0.25, 0.3) is 0 Å². The summed E-state index contributed by atoms with van der Waals surface area (Å²) in [5, 5.41) is 0. The first-order valence-electron chi connectivity index (χ1n) is 5.23. The summed E-state index contributed by atoms with van der Waals surface area (Å²) in [4.78, 5) is 11.2. The highest BCUT2D eigenvalue weighted by molar-refractivity contribution is 5.82. The molecule has 0 radical (unpaired) electrons. The Bertz CT molecular complexity index is 149. The molecule has 1 atom stereocenters. The number of carbonyl (C=O) groups is 1. The molecule has 0 spiro atoms. The van der Waals surface area contributed by atoms with Crippen molar-refractivity contribution in [2.75, 3.05) is 0 Å². The van der Waals surface area contributed by atoms with Crippen molar-refractivity contribution in [1.82, 2.24) is 0 Å². The Morgan fingerprint density at radius 2 is 2.25 bits per heavy atom. The van der Waals surface area contributed by atoms with E-state index in [0.29, 0.717) is 11.7 Å². The summed E-state index contributed by atoms with van der Waals surface area (Å²) in [6.07, 6.45) is 6.84. The summed E-state index contributed by atoms with van der Waals surface area (Å²) in [5.74, 6) is 1.75. The number of rotatable bonds is 4. The predicted molar refractivity (Wildman–Crippen MR) is 51.0 cm³/mol. The van der Waals surface area contributed by atoms with Gasteiger partial charge in [-0.25, -0.2) is 0 Å². The molecular formula is C11H20O. The molecule has 0 amide bonds. The number of hydrogen-bond donors (Lipinski definition) is 0. The molecular weight excluding hydrogens is 148 g/mol. The van der Waals surface area contributed by atoms with E-state index in [1.165, 1.54) is 12.8 Å². The van der Waals surface area contributed by atoms with E-state index in [0.717, 1.165) is 31.6 Å². The molecule has 1 fully saturated rings. The zero-order chi connectivity index (χ0) is 8.97. The Balaban J connectivity index is 2.10. The van der Waals surface area contributed by atoms with E-state index in [2.05, 4.69) is 13.8 Å². The molecule has 70 valence electrons. The first-order valence-corrected chi connectivity index (χ1v) is 5.23. The number of hydrogen-bond acceptors (Lipinski definition) is 1. The highest BCUT2D eigenvalue weighted by Gasteiger charge is 2.23. The fourth-order valence-electron chi connectivity index (χ4n) is 1.97. The van der Waals surface area contributed by atoms with Crippen LogP contribution in [0, 0.1) is 11.8 Å². The molecule has 1 aliphatic carbocycles. The van der Waals surface area contributed by atoms with Crippen molar-refractivity contribution < 1.29 is 4.79 Å². The second-order valence-corrected chi connectivity index (χ2v) is 4.38. The summed E-state index contributed by atoms with van der Waals surface area (Å²) in [6, 6.07) is 0. The normalized spacial score (nSPS) is 23.9. The van der Waals surface area contributed by atoms with Gasteiger partial charge in [0.2, 0.25) is 0 Å². The lowest BCUT2D eigenvalue weighted by molar-refractivity contribution is -0.120. The van der Waals surface area contributed by atoms with Crippen LogP contribution in [0.4, 0.5) is 0 Å². The Hall–Kier alpha value is -0.330. The third kappa shape index (κ3) is 2.96. The van der Waals surface area contributed by atoms with Gasteiger partial charge in [0, 0.05) is 12.3 Å². The summed E-state index contributed by atoms with van der Waals surface area (Å²) < 4.78 is 0. The largest absolute Gasteiger partial charge is 0.299 e. The summed E-state index contributed by atoms with van der Waals surface area (Å²) in [7, 11) is 0. The smallest absolute Gasteiger partial charge is 0.135 e. The SMILES string of the molecule is CC(C)CCCC1CCCC1=O. The molecule has 0 aliphatic heterocycles. The van der Waals surface area contributed by atoms with Gasteiger partial charge in [0.05, 0.1) is 0 Å². The van der Waals surface area contributed by atoms with Crippen molar-refractivity contribution in [2.24, 2.45) is 11.8 Å². The van der Waals surface area contributed by atoms with Crippen LogP contribution in [0.15, 0.2) is 0 Å². The van der Waals surface area contributed by atoms with Crippen molar-refractivity contribution in [3.8, 4) is 0 Å². The maximum Gasteiger partial charge on any atom is 0.135 e. The minimum Gasteiger partial charge on any atom is -0.299 e. The van der Waals surface area contributed by atoms with E-state index in [9.17, 15) is 4.79 Å². The quantitative estimate of drug-likeness (QED) is 0.630. The van der Waals surface area contributed by atoms with Crippen molar-refractivity contribution in [2.45, 2.75) is 52.4 Å². The second kappa shape index (κ2) is 4.64. The fourth-order valence-corrected chi connectivity index (χ4v) is 1.97. The Labute approximate surface area is 75.5 Å². The average Bonchev–Trinajstić information content (AvgIpc) is 2.36. The van der Waals surface area contributed by atoms with Crippen LogP contribution in [0.5, 0.6) is 0 Å². The van der Waals surface area contributed by atoms with Gasteiger partial charge in [0.1, 0.15) is 5.78 Å². The summed E-state index contributed by atoms with van der Waals surface area (Å²) in [5.41, 5.74) is 0. The van der Waals surface area contributed by atoms with Gasteiger partial charge in [-0.05, 0) is 25.2 Å². The van der Waals surface area contributed by atoms with Crippen molar-refractivity contribution in [3.05, 3.63) is 0 Å². The van der Waals surface area contributed by atoms with Gasteiger partial charge < -0.3 is 0 Å². The van der Waals surface area contributed by atoms with E-state index in [1.807, 2.05) is 0 Å². The molecule has 1 unspecified atom stereocenters. The topological polar surface area (TPSA) is 17.1 Å². The molecule has 1 saturated carbocycles. The minimum absolute atomic E-state index is 0.434. The lowest BCUT2D eigenvalue weighted by atomic mass is 9.97. The van der Waals surface area contributed by atoms with E-state index in [1.54, 1.807) is 0 Å². The van der Waals surface area contributed by atoms with Crippen LogP contribution in [-0.2, 0) is 4.79 Å². The molecule has 0 saturated heterocycles. The van der Waals surface area contributed by atoms with Crippen LogP contribution < -0.4 is 0 Å². The zero-order valence-electron chi connectivity index (χ0n) is 8.31. The van der Waals surface area contributed by atoms with Gasteiger partial charge in [-0.3, -0.25) is 4.79 Å². The molecule has 0 N–H and O–H groups in total. The Morgan fingerprint density at radius 1 is 1.50 bits per heavy atom. The zero-order valence-corrected chi connectivity index (χ0v) is 8.31. The first kappa shape index (κ1) is 9.76. The number of ketones is 1. The maximum absolute atomic E-state index is 11.2. The lowest BCUT2D eigenvalue weighted by Crippen LogP contribution is -2.06. The van der Waals surface area contributed by atoms with Crippen molar-refractivity contribution in [1.29, 1.82) is 0 Å². The summed E-state index contributed by atoms with van der Waals surface area (Å²) >= 11 is 0. The monoisotopic (exact) mass is 168 g/mol. The third-order valence-corrected chi connectivity index (χ3v) is 2.77. The van der Waals surface area contributed by atoms with Gasteiger partial charge in [-0.1, -0.05) is 26.7 Å². The second-order valence-electron chi connectivity index (χ2n) is 4.38. The molecule has 0 aromatic rings. The first-order chi connectivity index (χ1) is 5.70. The van der Waals surface area contributed by atoms with E-state index < -0.39 is 0 Å². The van der Waals surface area contributed by atoms with Crippen LogP contribution in [0.1, 0.15) is 52.4 Å². The summed E-state index contributed by atoms with van der Waals surface area (Å²) in [6.45, 7) is 4.49. The standard InChI is InChI=1S/C11H20O/c1-9(2)5-3-6-10-7-4-8-11(10)12/h9-10H,3-8H2,1-2H3. The third-order valence-electron chi connectivity index (χ3n) is 2.77. The van der Waals surface area contributed by atoms with Crippen LogP contribution in [-0.4, -0.2) is 5.78 Å². The molecule has 0 aromatic heterocycles. The van der Waals surface area contributed by atoms with Gasteiger partial charge in [0.15, 0.2) is 0 Å². The maximum atomic E-state index is 11.2. The molecule has 1 aliphatic rings. The Kier molecular flexibility index (Phi) is 3.77. The molecule has 0 heterocycles.